The van der Waals surface area contributed by atoms with E-state index in [1.54, 1.807) is 16.8 Å². The number of hydrogen-bond donors (Lipinski definition) is 0. The van der Waals surface area contributed by atoms with E-state index in [1.807, 2.05) is 18.2 Å². The van der Waals surface area contributed by atoms with Gasteiger partial charge in [-0.15, -0.1) is 0 Å². The highest BCUT2D eigenvalue weighted by Crippen LogP contribution is 2.30. The number of rotatable bonds is 7. The maximum atomic E-state index is 12.7. The number of benzene rings is 1. The number of carbonyl (C=O) groups excluding carboxylic acids is 1. The zero-order chi connectivity index (χ0) is 21.1. The molecular weight excluding hydrogens is 404 g/mol. The highest BCUT2D eigenvalue weighted by molar-refractivity contribution is 8.00. The van der Waals surface area contributed by atoms with Gasteiger partial charge in [-0.3, -0.25) is 24.5 Å². The fourth-order valence-electron chi connectivity index (χ4n) is 3.53. The maximum absolute atomic E-state index is 12.7. The first-order chi connectivity index (χ1) is 14.5. The summed E-state index contributed by atoms with van der Waals surface area (Å²) in [5.41, 5.74) is 2.54. The van der Waals surface area contributed by atoms with Crippen molar-refractivity contribution in [2.24, 2.45) is 0 Å². The van der Waals surface area contributed by atoms with E-state index in [9.17, 15) is 19.7 Å². The number of non-ortho nitro benzene ring substituents is 1. The molecule has 9 heteroatoms. The maximum Gasteiger partial charge on any atom is 0.349 e. The van der Waals surface area contributed by atoms with Gasteiger partial charge in [0.15, 0.2) is 5.78 Å². The lowest BCUT2D eigenvalue weighted by molar-refractivity contribution is -0.384. The fourth-order valence-corrected chi connectivity index (χ4v) is 4.50. The Morgan fingerprint density at radius 2 is 2.07 bits per heavy atom. The molecule has 4 rings (SSSR count). The summed E-state index contributed by atoms with van der Waals surface area (Å²) in [5.74, 6) is -0.181. The molecule has 3 aromatic rings. The van der Waals surface area contributed by atoms with Gasteiger partial charge in [-0.25, -0.2) is 4.79 Å². The SMILES string of the molecule is O=C(CSc1nc(=O)n(Cc2ccccn2)c2c1CCC2)c1cccc([N+](=O)[O-])c1. The summed E-state index contributed by atoms with van der Waals surface area (Å²) in [4.78, 5) is 44.1. The number of pyridine rings is 1. The van der Waals surface area contributed by atoms with Crippen molar-refractivity contribution in [3.8, 4) is 0 Å². The molecule has 1 aromatic carbocycles. The number of hydrogen-bond acceptors (Lipinski definition) is 7. The molecule has 0 radical (unpaired) electrons. The van der Waals surface area contributed by atoms with E-state index in [2.05, 4.69) is 9.97 Å². The van der Waals surface area contributed by atoms with Gasteiger partial charge in [0.2, 0.25) is 0 Å². The number of ketones is 1. The topological polar surface area (TPSA) is 108 Å². The number of nitrogens with zero attached hydrogens (tertiary/aromatic N) is 4. The quantitative estimate of drug-likeness (QED) is 0.189. The highest BCUT2D eigenvalue weighted by atomic mass is 32.2. The van der Waals surface area contributed by atoms with Crippen molar-refractivity contribution in [3.05, 3.63) is 91.8 Å². The number of fused-ring (bicyclic) bond motifs is 1. The first-order valence-electron chi connectivity index (χ1n) is 9.46. The van der Waals surface area contributed by atoms with Gasteiger partial charge < -0.3 is 0 Å². The van der Waals surface area contributed by atoms with Gasteiger partial charge in [0.1, 0.15) is 5.03 Å². The number of nitro benzene ring substituents is 1. The fraction of sp³-hybridized carbons (Fsp3) is 0.238. The van der Waals surface area contributed by atoms with E-state index in [0.29, 0.717) is 11.6 Å². The van der Waals surface area contributed by atoms with Gasteiger partial charge in [-0.05, 0) is 31.4 Å². The van der Waals surface area contributed by atoms with E-state index in [4.69, 9.17) is 0 Å². The Morgan fingerprint density at radius 3 is 2.83 bits per heavy atom. The van der Waals surface area contributed by atoms with Gasteiger partial charge in [0, 0.05) is 35.2 Å². The third kappa shape index (κ3) is 4.16. The van der Waals surface area contributed by atoms with Crippen LogP contribution < -0.4 is 5.69 Å². The molecule has 1 aliphatic carbocycles. The Kier molecular flexibility index (Phi) is 5.71. The van der Waals surface area contributed by atoms with Crippen LogP contribution in [0.15, 0.2) is 58.5 Å². The number of carbonyl (C=O) groups is 1. The first kappa shape index (κ1) is 20.0. The van der Waals surface area contributed by atoms with E-state index in [1.165, 1.54) is 30.0 Å². The molecule has 0 fully saturated rings. The lowest BCUT2D eigenvalue weighted by Crippen LogP contribution is -2.28. The van der Waals surface area contributed by atoms with E-state index >= 15 is 0 Å². The minimum atomic E-state index is -0.528. The van der Waals surface area contributed by atoms with Crippen molar-refractivity contribution in [1.82, 2.24) is 14.5 Å². The number of Topliss-reactive ketones (excluding diaryl/α,β-unsaturated/α-hetero) is 1. The largest absolute Gasteiger partial charge is 0.349 e. The minimum absolute atomic E-state index is 0.0598. The van der Waals surface area contributed by atoms with Gasteiger partial charge in [-0.2, -0.15) is 4.98 Å². The first-order valence-corrected chi connectivity index (χ1v) is 10.4. The Bertz CT molecular complexity index is 1180. The van der Waals surface area contributed by atoms with Crippen LogP contribution in [0.3, 0.4) is 0 Å². The summed E-state index contributed by atoms with van der Waals surface area (Å²) in [6.07, 6.45) is 4.21. The predicted molar refractivity (Wildman–Crippen MR) is 112 cm³/mol. The second kappa shape index (κ2) is 8.58. The van der Waals surface area contributed by atoms with Crippen LogP contribution in [0.25, 0.3) is 0 Å². The highest BCUT2D eigenvalue weighted by Gasteiger charge is 2.23. The monoisotopic (exact) mass is 422 g/mol. The van der Waals surface area contributed by atoms with Crippen LogP contribution in [-0.2, 0) is 19.4 Å². The van der Waals surface area contributed by atoms with Gasteiger partial charge in [0.25, 0.3) is 5.69 Å². The molecule has 0 saturated carbocycles. The minimum Gasteiger partial charge on any atom is -0.293 e. The molecular formula is C21H18N4O4S. The van der Waals surface area contributed by atoms with Crippen molar-refractivity contribution in [1.29, 1.82) is 0 Å². The molecule has 0 spiro atoms. The van der Waals surface area contributed by atoms with Crippen molar-refractivity contribution < 1.29 is 9.72 Å². The lowest BCUT2D eigenvalue weighted by atomic mass is 10.1. The average molecular weight is 422 g/mol. The average Bonchev–Trinajstić information content (AvgIpc) is 3.25. The molecule has 2 heterocycles. The lowest BCUT2D eigenvalue weighted by Gasteiger charge is -2.13. The second-order valence-electron chi connectivity index (χ2n) is 6.90. The molecule has 0 saturated heterocycles. The summed E-state index contributed by atoms with van der Waals surface area (Å²) in [6, 6.07) is 11.2. The Labute approximate surface area is 176 Å². The van der Waals surface area contributed by atoms with Crippen LogP contribution in [0.4, 0.5) is 5.69 Å². The molecule has 152 valence electrons. The Balaban J connectivity index is 1.56. The third-order valence-corrected chi connectivity index (χ3v) is 5.98. The number of thioether (sulfide) groups is 1. The van der Waals surface area contributed by atoms with Crippen LogP contribution in [0.5, 0.6) is 0 Å². The summed E-state index contributed by atoms with van der Waals surface area (Å²) in [6.45, 7) is 0.368. The molecule has 2 aromatic heterocycles. The van der Waals surface area contributed by atoms with Crippen LogP contribution in [-0.4, -0.2) is 31.0 Å². The standard InChI is InChI=1S/C21H18N4O4S/c26-19(14-5-3-7-16(11-14)25(28)29)13-30-20-17-8-4-9-18(17)24(21(27)23-20)12-15-6-1-2-10-22-15/h1-3,5-7,10-11H,4,8-9,12-13H2. The molecule has 0 unspecified atom stereocenters. The molecule has 0 aliphatic heterocycles. The third-order valence-electron chi connectivity index (χ3n) is 4.97. The molecule has 8 nitrogen and oxygen atoms in total. The van der Waals surface area contributed by atoms with E-state index in [0.717, 1.165) is 36.2 Å². The predicted octanol–water partition coefficient (Wildman–Crippen LogP) is 3.06. The van der Waals surface area contributed by atoms with Crippen LogP contribution >= 0.6 is 11.8 Å². The summed E-state index contributed by atoms with van der Waals surface area (Å²) in [7, 11) is 0. The Hall–Kier alpha value is -3.33. The molecule has 0 bridgehead atoms. The van der Waals surface area contributed by atoms with Crippen molar-refractivity contribution >= 4 is 23.2 Å². The molecule has 0 N–H and O–H groups in total. The van der Waals surface area contributed by atoms with Crippen molar-refractivity contribution in [2.45, 2.75) is 30.8 Å². The normalized spacial score (nSPS) is 12.5. The molecule has 30 heavy (non-hydrogen) atoms. The second-order valence-corrected chi connectivity index (χ2v) is 7.87. The van der Waals surface area contributed by atoms with E-state index < -0.39 is 4.92 Å². The number of aromatic nitrogens is 3. The summed E-state index contributed by atoms with van der Waals surface area (Å²) >= 11 is 1.21. The zero-order valence-electron chi connectivity index (χ0n) is 16.0. The van der Waals surface area contributed by atoms with Crippen LogP contribution in [0.2, 0.25) is 0 Å². The van der Waals surface area contributed by atoms with Gasteiger partial charge >= 0.3 is 5.69 Å². The summed E-state index contributed by atoms with van der Waals surface area (Å²) in [5, 5.41) is 11.5. The molecule has 1 aliphatic rings. The van der Waals surface area contributed by atoms with Gasteiger partial charge in [0.05, 0.1) is 22.9 Å². The summed E-state index contributed by atoms with van der Waals surface area (Å²) < 4.78 is 1.66. The molecule has 0 atom stereocenters. The van der Waals surface area contributed by atoms with E-state index in [-0.39, 0.29) is 28.5 Å². The van der Waals surface area contributed by atoms with Gasteiger partial charge in [-0.1, -0.05) is 30.0 Å². The van der Waals surface area contributed by atoms with Crippen molar-refractivity contribution in [2.75, 3.05) is 5.75 Å². The molecule has 0 amide bonds. The Morgan fingerprint density at radius 1 is 1.20 bits per heavy atom. The smallest absolute Gasteiger partial charge is 0.293 e. The van der Waals surface area contributed by atoms with Crippen molar-refractivity contribution in [3.63, 3.8) is 0 Å². The van der Waals surface area contributed by atoms with Crippen LogP contribution in [0, 0.1) is 10.1 Å². The zero-order valence-corrected chi connectivity index (χ0v) is 16.8. The van der Waals surface area contributed by atoms with Crippen LogP contribution in [0.1, 0.15) is 33.7 Å². The number of nitro groups is 1.